The monoisotopic (exact) mass is 360 g/mol. The number of benzene rings is 1. The van der Waals surface area contributed by atoms with Crippen LogP contribution in [0.25, 0.3) is 0 Å². The van der Waals surface area contributed by atoms with E-state index in [1.807, 2.05) is 26.0 Å². The minimum atomic E-state index is -0.135. The fraction of sp³-hybridized carbons (Fsp3) is 0.412. The molecule has 1 aliphatic rings. The van der Waals surface area contributed by atoms with Crippen molar-refractivity contribution in [2.75, 3.05) is 17.6 Å². The molecule has 1 aromatic carbocycles. The van der Waals surface area contributed by atoms with Crippen LogP contribution in [0.2, 0.25) is 0 Å². The van der Waals surface area contributed by atoms with E-state index in [0.29, 0.717) is 24.1 Å². The number of aromatic nitrogens is 2. The molecule has 0 radical (unpaired) electrons. The van der Waals surface area contributed by atoms with E-state index in [4.69, 9.17) is 4.42 Å². The Bertz CT molecular complexity index is 770. The number of carbonyl (C=O) groups is 2. The molecule has 2 aromatic rings. The Morgan fingerprint density at radius 2 is 2.04 bits per heavy atom. The van der Waals surface area contributed by atoms with E-state index < -0.39 is 0 Å². The number of hydrogen-bond donors (Lipinski definition) is 1. The summed E-state index contributed by atoms with van der Waals surface area (Å²) in [6, 6.07) is 5.90. The van der Waals surface area contributed by atoms with Crippen molar-refractivity contribution in [3.63, 3.8) is 0 Å². The van der Waals surface area contributed by atoms with E-state index in [0.717, 1.165) is 29.8 Å². The van der Waals surface area contributed by atoms with Crippen LogP contribution in [-0.2, 0) is 16.1 Å². The number of thioether (sulfide) groups is 1. The Morgan fingerprint density at radius 3 is 2.72 bits per heavy atom. The Balaban J connectivity index is 1.49. The first-order chi connectivity index (χ1) is 12.0. The average molecular weight is 360 g/mol. The van der Waals surface area contributed by atoms with Crippen LogP contribution in [0.4, 0.5) is 5.69 Å². The van der Waals surface area contributed by atoms with Gasteiger partial charge < -0.3 is 14.6 Å². The molecular formula is C17H20N4O3S. The molecule has 132 valence electrons. The van der Waals surface area contributed by atoms with Crippen LogP contribution < -0.4 is 5.32 Å². The molecule has 8 heteroatoms. The fourth-order valence-corrected chi connectivity index (χ4v) is 3.35. The highest BCUT2D eigenvalue weighted by atomic mass is 32.2. The van der Waals surface area contributed by atoms with Crippen molar-refractivity contribution in [1.82, 2.24) is 15.1 Å². The summed E-state index contributed by atoms with van der Waals surface area (Å²) in [5.41, 5.74) is 2.98. The van der Waals surface area contributed by atoms with Gasteiger partial charge in [0.15, 0.2) is 0 Å². The zero-order valence-corrected chi connectivity index (χ0v) is 15.1. The molecule has 1 fully saturated rings. The minimum Gasteiger partial charge on any atom is -0.414 e. The lowest BCUT2D eigenvalue weighted by Crippen LogP contribution is -2.23. The number of aryl methyl sites for hydroxylation is 2. The smallest absolute Gasteiger partial charge is 0.277 e. The lowest BCUT2D eigenvalue weighted by molar-refractivity contribution is -0.128. The Hall–Kier alpha value is -2.35. The predicted octanol–water partition coefficient (Wildman–Crippen LogP) is 2.54. The molecule has 7 nitrogen and oxygen atoms in total. The van der Waals surface area contributed by atoms with Crippen molar-refractivity contribution < 1.29 is 14.0 Å². The van der Waals surface area contributed by atoms with Gasteiger partial charge in [-0.3, -0.25) is 9.59 Å². The van der Waals surface area contributed by atoms with Crippen molar-refractivity contribution in [3.8, 4) is 0 Å². The average Bonchev–Trinajstić information content (AvgIpc) is 3.14. The maximum atomic E-state index is 12.1. The maximum absolute atomic E-state index is 12.1. The molecule has 1 N–H and O–H groups in total. The van der Waals surface area contributed by atoms with Crippen LogP contribution >= 0.6 is 11.8 Å². The van der Waals surface area contributed by atoms with Gasteiger partial charge in [-0.15, -0.1) is 10.2 Å². The number of rotatable bonds is 6. The summed E-state index contributed by atoms with van der Waals surface area (Å²) in [5.74, 6) is 0.550. The molecule has 0 bridgehead atoms. The van der Waals surface area contributed by atoms with Crippen LogP contribution in [-0.4, -0.2) is 39.2 Å². The fourth-order valence-electron chi connectivity index (χ4n) is 2.77. The van der Waals surface area contributed by atoms with E-state index in [1.54, 1.807) is 4.90 Å². The SMILES string of the molecule is Cc1cc(C)cc(NC(=O)CSc2nnc(CN3CCCC3=O)o2)c1. The Kier molecular flexibility index (Phi) is 5.37. The highest BCUT2D eigenvalue weighted by molar-refractivity contribution is 7.99. The quantitative estimate of drug-likeness (QED) is 0.797. The highest BCUT2D eigenvalue weighted by Crippen LogP contribution is 2.20. The summed E-state index contributed by atoms with van der Waals surface area (Å²) < 4.78 is 5.50. The normalized spacial score (nSPS) is 14.2. The van der Waals surface area contributed by atoms with Crippen molar-refractivity contribution >= 4 is 29.3 Å². The Labute approximate surface area is 150 Å². The lowest BCUT2D eigenvalue weighted by atomic mass is 10.1. The van der Waals surface area contributed by atoms with Crippen molar-refractivity contribution in [2.45, 2.75) is 38.5 Å². The van der Waals surface area contributed by atoms with Crippen molar-refractivity contribution in [1.29, 1.82) is 0 Å². The third-order valence-electron chi connectivity index (χ3n) is 3.78. The molecule has 0 atom stereocenters. The summed E-state index contributed by atoms with van der Waals surface area (Å²) in [4.78, 5) is 25.4. The first-order valence-electron chi connectivity index (χ1n) is 8.11. The van der Waals surface area contributed by atoms with E-state index in [9.17, 15) is 9.59 Å². The summed E-state index contributed by atoms with van der Waals surface area (Å²) in [7, 11) is 0. The molecular weight excluding hydrogens is 340 g/mol. The molecule has 1 aromatic heterocycles. The molecule has 0 unspecified atom stereocenters. The van der Waals surface area contributed by atoms with Gasteiger partial charge in [0.05, 0.1) is 12.3 Å². The number of hydrogen-bond acceptors (Lipinski definition) is 6. The number of amides is 2. The van der Waals surface area contributed by atoms with Crippen LogP contribution in [0.5, 0.6) is 0 Å². The topological polar surface area (TPSA) is 88.3 Å². The van der Waals surface area contributed by atoms with Crippen LogP contribution in [0.15, 0.2) is 27.8 Å². The molecule has 0 spiro atoms. The molecule has 2 heterocycles. The molecule has 3 rings (SSSR count). The first kappa shape index (κ1) is 17.5. The van der Waals surface area contributed by atoms with Gasteiger partial charge in [0.1, 0.15) is 0 Å². The lowest BCUT2D eigenvalue weighted by Gasteiger charge is -2.11. The standard InChI is InChI=1S/C17H20N4O3S/c1-11-6-12(2)8-13(7-11)18-14(22)10-25-17-20-19-15(24-17)9-21-5-3-4-16(21)23/h6-8H,3-5,9-10H2,1-2H3,(H,18,22). The van der Waals surface area contributed by atoms with Gasteiger partial charge in [-0.25, -0.2) is 0 Å². The summed E-state index contributed by atoms with van der Waals surface area (Å²) in [6.45, 7) is 5.04. The van der Waals surface area contributed by atoms with Gasteiger partial charge in [0.2, 0.25) is 17.7 Å². The summed E-state index contributed by atoms with van der Waals surface area (Å²) >= 11 is 1.18. The summed E-state index contributed by atoms with van der Waals surface area (Å²) in [5, 5.41) is 11.0. The highest BCUT2D eigenvalue weighted by Gasteiger charge is 2.22. The predicted molar refractivity (Wildman–Crippen MR) is 94.2 cm³/mol. The number of nitrogens with one attached hydrogen (secondary N) is 1. The second-order valence-electron chi connectivity index (χ2n) is 6.09. The second kappa shape index (κ2) is 7.69. The zero-order chi connectivity index (χ0) is 17.8. The van der Waals surface area contributed by atoms with Crippen LogP contribution in [0.3, 0.4) is 0 Å². The molecule has 2 amide bonds. The molecule has 1 saturated heterocycles. The first-order valence-corrected chi connectivity index (χ1v) is 9.09. The van der Waals surface area contributed by atoms with Gasteiger partial charge in [-0.1, -0.05) is 17.8 Å². The van der Waals surface area contributed by atoms with Crippen molar-refractivity contribution in [3.05, 3.63) is 35.2 Å². The second-order valence-corrected chi connectivity index (χ2v) is 7.02. The Morgan fingerprint density at radius 1 is 1.28 bits per heavy atom. The largest absolute Gasteiger partial charge is 0.414 e. The van der Waals surface area contributed by atoms with Crippen molar-refractivity contribution in [2.24, 2.45) is 0 Å². The van der Waals surface area contributed by atoms with Gasteiger partial charge in [-0.2, -0.15) is 0 Å². The van der Waals surface area contributed by atoms with Gasteiger partial charge in [0, 0.05) is 18.7 Å². The number of likely N-dealkylation sites (tertiary alicyclic amines) is 1. The number of anilines is 1. The van der Waals surface area contributed by atoms with E-state index in [2.05, 4.69) is 21.6 Å². The minimum absolute atomic E-state index is 0.111. The molecule has 0 aliphatic carbocycles. The maximum Gasteiger partial charge on any atom is 0.277 e. The van der Waals surface area contributed by atoms with Gasteiger partial charge in [-0.05, 0) is 43.5 Å². The van der Waals surface area contributed by atoms with Gasteiger partial charge in [0.25, 0.3) is 5.22 Å². The third kappa shape index (κ3) is 4.82. The summed E-state index contributed by atoms with van der Waals surface area (Å²) in [6.07, 6.45) is 1.45. The molecule has 1 aliphatic heterocycles. The van der Waals surface area contributed by atoms with Crippen LogP contribution in [0, 0.1) is 13.8 Å². The molecule has 0 saturated carbocycles. The zero-order valence-electron chi connectivity index (χ0n) is 14.2. The van der Waals surface area contributed by atoms with E-state index in [-0.39, 0.29) is 17.6 Å². The van der Waals surface area contributed by atoms with Crippen LogP contribution in [0.1, 0.15) is 29.9 Å². The molecule has 25 heavy (non-hydrogen) atoms. The number of carbonyl (C=O) groups excluding carboxylic acids is 2. The van der Waals surface area contributed by atoms with E-state index >= 15 is 0 Å². The third-order valence-corrected chi connectivity index (χ3v) is 4.60. The van der Waals surface area contributed by atoms with Gasteiger partial charge >= 0.3 is 0 Å². The number of nitrogens with zero attached hydrogens (tertiary/aromatic N) is 3. The van der Waals surface area contributed by atoms with E-state index in [1.165, 1.54) is 11.8 Å².